The summed E-state index contributed by atoms with van der Waals surface area (Å²) in [5.41, 5.74) is 2.93. The SMILES string of the molecule is COc1ccc(C(=O)Nc2ccc(-c3ccc(N4CCCC4)nn3)cc2)cc1OC. The molecule has 1 aliphatic heterocycles. The summed E-state index contributed by atoms with van der Waals surface area (Å²) >= 11 is 0. The molecule has 0 spiro atoms. The minimum atomic E-state index is -0.224. The van der Waals surface area contributed by atoms with Gasteiger partial charge >= 0.3 is 0 Å². The van der Waals surface area contributed by atoms with Crippen molar-refractivity contribution < 1.29 is 14.3 Å². The molecule has 0 atom stereocenters. The molecule has 2 aromatic carbocycles. The Kier molecular flexibility index (Phi) is 5.79. The second-order valence-electron chi connectivity index (χ2n) is 7.07. The zero-order valence-corrected chi connectivity index (χ0v) is 17.1. The summed E-state index contributed by atoms with van der Waals surface area (Å²) in [5, 5.41) is 11.6. The van der Waals surface area contributed by atoms with Gasteiger partial charge in [-0.25, -0.2) is 0 Å². The zero-order valence-electron chi connectivity index (χ0n) is 17.1. The predicted molar refractivity (Wildman–Crippen MR) is 116 cm³/mol. The van der Waals surface area contributed by atoms with Gasteiger partial charge in [-0.15, -0.1) is 10.2 Å². The van der Waals surface area contributed by atoms with Crippen molar-refractivity contribution in [2.24, 2.45) is 0 Å². The maximum atomic E-state index is 12.6. The lowest BCUT2D eigenvalue weighted by molar-refractivity contribution is 0.102. The predicted octanol–water partition coefficient (Wildman–Crippen LogP) is 4.01. The van der Waals surface area contributed by atoms with Gasteiger partial charge in [-0.1, -0.05) is 12.1 Å². The fourth-order valence-corrected chi connectivity index (χ4v) is 3.50. The van der Waals surface area contributed by atoms with E-state index in [1.54, 1.807) is 32.4 Å². The van der Waals surface area contributed by atoms with Crippen LogP contribution in [0.5, 0.6) is 11.5 Å². The van der Waals surface area contributed by atoms with Crippen molar-refractivity contribution in [1.29, 1.82) is 0 Å². The summed E-state index contributed by atoms with van der Waals surface area (Å²) in [6.07, 6.45) is 2.42. The fourth-order valence-electron chi connectivity index (χ4n) is 3.50. The molecule has 0 bridgehead atoms. The molecular formula is C23H24N4O3. The van der Waals surface area contributed by atoms with Crippen LogP contribution in [0.1, 0.15) is 23.2 Å². The van der Waals surface area contributed by atoms with Gasteiger partial charge in [0.25, 0.3) is 5.91 Å². The Labute approximate surface area is 175 Å². The Hall–Kier alpha value is -3.61. The molecule has 0 radical (unpaired) electrons. The largest absolute Gasteiger partial charge is 0.493 e. The van der Waals surface area contributed by atoms with E-state index in [4.69, 9.17) is 9.47 Å². The number of rotatable bonds is 6. The average molecular weight is 404 g/mol. The fraction of sp³-hybridized carbons (Fsp3) is 0.261. The molecule has 0 aliphatic carbocycles. The standard InChI is InChI=1S/C23H24N4O3/c1-29-20-11-7-17(15-21(20)30-2)23(28)24-18-8-5-16(6-9-18)19-10-12-22(26-25-19)27-13-3-4-14-27/h5-12,15H,3-4,13-14H2,1-2H3,(H,24,28). The van der Waals surface area contributed by atoms with Crippen LogP contribution >= 0.6 is 0 Å². The van der Waals surface area contributed by atoms with Gasteiger partial charge in [0.1, 0.15) is 0 Å². The quantitative estimate of drug-likeness (QED) is 0.669. The van der Waals surface area contributed by atoms with Gasteiger partial charge in [0.05, 0.1) is 19.9 Å². The molecule has 7 heteroatoms. The highest BCUT2D eigenvalue weighted by molar-refractivity contribution is 6.04. The summed E-state index contributed by atoms with van der Waals surface area (Å²) in [6, 6.07) is 16.6. The molecule has 2 heterocycles. The third-order valence-electron chi connectivity index (χ3n) is 5.16. The number of hydrogen-bond acceptors (Lipinski definition) is 6. The molecule has 1 fully saturated rings. The van der Waals surface area contributed by atoms with Gasteiger partial charge in [-0.3, -0.25) is 4.79 Å². The van der Waals surface area contributed by atoms with E-state index in [-0.39, 0.29) is 5.91 Å². The van der Waals surface area contributed by atoms with Crippen molar-refractivity contribution in [2.75, 3.05) is 37.5 Å². The molecule has 1 N–H and O–H groups in total. The molecule has 0 unspecified atom stereocenters. The number of carbonyl (C=O) groups is 1. The first-order chi connectivity index (χ1) is 14.7. The van der Waals surface area contributed by atoms with Gasteiger partial charge in [-0.2, -0.15) is 0 Å². The molecule has 1 amide bonds. The summed E-state index contributed by atoms with van der Waals surface area (Å²) in [5.74, 6) is 1.79. The van der Waals surface area contributed by atoms with Crippen LogP contribution in [-0.4, -0.2) is 43.4 Å². The molecule has 7 nitrogen and oxygen atoms in total. The van der Waals surface area contributed by atoms with Gasteiger partial charge < -0.3 is 19.7 Å². The molecule has 4 rings (SSSR count). The highest BCUT2D eigenvalue weighted by Gasteiger charge is 2.14. The number of nitrogens with one attached hydrogen (secondary N) is 1. The maximum Gasteiger partial charge on any atom is 0.255 e. The molecular weight excluding hydrogens is 380 g/mol. The van der Waals surface area contributed by atoms with Crippen LogP contribution in [0.15, 0.2) is 54.6 Å². The number of anilines is 2. The normalized spacial score (nSPS) is 13.2. The van der Waals surface area contributed by atoms with Gasteiger partial charge in [0, 0.05) is 29.9 Å². The van der Waals surface area contributed by atoms with Crippen LogP contribution in [0.3, 0.4) is 0 Å². The van der Waals surface area contributed by atoms with Crippen molar-refractivity contribution >= 4 is 17.4 Å². The van der Waals surface area contributed by atoms with E-state index in [1.165, 1.54) is 12.8 Å². The Bertz CT molecular complexity index is 1010. The number of ether oxygens (including phenoxy) is 2. The minimum Gasteiger partial charge on any atom is -0.493 e. The van der Waals surface area contributed by atoms with Crippen LogP contribution < -0.4 is 19.7 Å². The van der Waals surface area contributed by atoms with Crippen molar-refractivity contribution in [2.45, 2.75) is 12.8 Å². The smallest absolute Gasteiger partial charge is 0.255 e. The van der Waals surface area contributed by atoms with E-state index in [0.717, 1.165) is 30.2 Å². The second kappa shape index (κ2) is 8.82. The van der Waals surface area contributed by atoms with Crippen molar-refractivity contribution in [3.63, 3.8) is 0 Å². The molecule has 1 aliphatic rings. The third-order valence-corrected chi connectivity index (χ3v) is 5.16. The van der Waals surface area contributed by atoms with E-state index >= 15 is 0 Å². The van der Waals surface area contributed by atoms with Gasteiger partial charge in [0.2, 0.25) is 0 Å². The number of aromatic nitrogens is 2. The average Bonchev–Trinajstić information content (AvgIpc) is 3.34. The van der Waals surface area contributed by atoms with Crippen molar-refractivity contribution in [1.82, 2.24) is 10.2 Å². The lowest BCUT2D eigenvalue weighted by Gasteiger charge is -2.15. The number of methoxy groups -OCH3 is 2. The highest BCUT2D eigenvalue weighted by atomic mass is 16.5. The third kappa shape index (κ3) is 4.20. The van der Waals surface area contributed by atoms with Crippen LogP contribution in [-0.2, 0) is 0 Å². The molecule has 1 saturated heterocycles. The van der Waals surface area contributed by atoms with Crippen LogP contribution in [0.25, 0.3) is 11.3 Å². The highest BCUT2D eigenvalue weighted by Crippen LogP contribution is 2.28. The number of nitrogens with zero attached hydrogens (tertiary/aromatic N) is 3. The second-order valence-corrected chi connectivity index (χ2v) is 7.07. The minimum absolute atomic E-state index is 0.224. The monoisotopic (exact) mass is 404 g/mol. The van der Waals surface area contributed by atoms with E-state index in [1.807, 2.05) is 36.4 Å². The lowest BCUT2D eigenvalue weighted by atomic mass is 10.1. The maximum absolute atomic E-state index is 12.6. The molecule has 1 aromatic heterocycles. The van der Waals surface area contributed by atoms with Crippen LogP contribution in [0.2, 0.25) is 0 Å². The summed E-state index contributed by atoms with van der Waals surface area (Å²) < 4.78 is 10.5. The Balaban J connectivity index is 1.44. The molecule has 154 valence electrons. The molecule has 0 saturated carbocycles. The van der Waals surface area contributed by atoms with E-state index in [2.05, 4.69) is 20.4 Å². The van der Waals surface area contributed by atoms with E-state index in [9.17, 15) is 4.79 Å². The number of benzene rings is 2. The Morgan fingerprint density at radius 2 is 1.63 bits per heavy atom. The first kappa shape index (κ1) is 19.7. The van der Waals surface area contributed by atoms with Crippen LogP contribution in [0.4, 0.5) is 11.5 Å². The van der Waals surface area contributed by atoms with E-state index < -0.39 is 0 Å². The Morgan fingerprint density at radius 3 is 2.27 bits per heavy atom. The first-order valence-electron chi connectivity index (χ1n) is 9.90. The van der Waals surface area contributed by atoms with Gasteiger partial charge in [0.15, 0.2) is 17.3 Å². The van der Waals surface area contributed by atoms with Crippen molar-refractivity contribution in [3.05, 3.63) is 60.2 Å². The van der Waals surface area contributed by atoms with Gasteiger partial charge in [-0.05, 0) is 55.3 Å². The molecule has 30 heavy (non-hydrogen) atoms. The van der Waals surface area contributed by atoms with E-state index in [0.29, 0.717) is 22.7 Å². The number of hydrogen-bond donors (Lipinski definition) is 1. The number of amides is 1. The summed E-state index contributed by atoms with van der Waals surface area (Å²) in [7, 11) is 3.10. The first-order valence-corrected chi connectivity index (χ1v) is 9.90. The molecule has 3 aromatic rings. The van der Waals surface area contributed by atoms with Crippen molar-refractivity contribution in [3.8, 4) is 22.8 Å². The summed E-state index contributed by atoms with van der Waals surface area (Å²) in [4.78, 5) is 14.8. The zero-order chi connectivity index (χ0) is 20.9. The Morgan fingerprint density at radius 1 is 0.900 bits per heavy atom. The lowest BCUT2D eigenvalue weighted by Crippen LogP contribution is -2.19. The number of carbonyl (C=O) groups excluding carboxylic acids is 1. The van der Waals surface area contributed by atoms with Crippen LogP contribution in [0, 0.1) is 0 Å². The topological polar surface area (TPSA) is 76.6 Å². The summed E-state index contributed by atoms with van der Waals surface area (Å²) in [6.45, 7) is 2.09.